The van der Waals surface area contributed by atoms with Crippen molar-refractivity contribution in [1.29, 1.82) is 0 Å². The molecule has 0 radical (unpaired) electrons. The molecule has 2 unspecified atom stereocenters. The first-order valence-electron chi connectivity index (χ1n) is 11.9. The van der Waals surface area contributed by atoms with Crippen LogP contribution in [0.5, 0.6) is 0 Å². The molecule has 5 rings (SSSR count). The van der Waals surface area contributed by atoms with Gasteiger partial charge in [0.2, 0.25) is 5.91 Å². The van der Waals surface area contributed by atoms with E-state index in [0.29, 0.717) is 19.6 Å². The van der Waals surface area contributed by atoms with Crippen molar-refractivity contribution in [2.24, 2.45) is 5.92 Å². The zero-order chi connectivity index (χ0) is 24.4. The fraction of sp³-hybridized carbons (Fsp3) is 0.370. The van der Waals surface area contributed by atoms with E-state index in [1.54, 1.807) is 12.2 Å². The third-order valence-electron chi connectivity index (χ3n) is 7.19. The lowest BCUT2D eigenvalue weighted by Gasteiger charge is -2.34. The van der Waals surface area contributed by atoms with E-state index in [2.05, 4.69) is 34.9 Å². The van der Waals surface area contributed by atoms with Crippen molar-refractivity contribution >= 4 is 18.0 Å². The first kappa shape index (κ1) is 23.1. The number of carbonyl (C=O) groups is 3. The molecule has 0 aromatic heterocycles. The Kier molecular flexibility index (Phi) is 6.30. The maximum atomic E-state index is 12.8. The summed E-state index contributed by atoms with van der Waals surface area (Å²) >= 11 is 0. The summed E-state index contributed by atoms with van der Waals surface area (Å²) in [6.45, 7) is 0.793. The molecule has 2 aliphatic carbocycles. The molecule has 3 aliphatic rings. The van der Waals surface area contributed by atoms with Crippen molar-refractivity contribution < 1.29 is 29.0 Å². The number of benzene rings is 2. The van der Waals surface area contributed by atoms with Crippen LogP contribution in [0.2, 0.25) is 0 Å². The SMILES string of the molecule is O=C(NC1C=CC(C(=O)NC2(C(=O)O)CCOCC2)C1)OCC1c2ccccc2-c2ccccc21. The van der Waals surface area contributed by atoms with Gasteiger partial charge in [0.1, 0.15) is 12.1 Å². The van der Waals surface area contributed by atoms with Crippen molar-refractivity contribution in [3.05, 3.63) is 71.8 Å². The van der Waals surface area contributed by atoms with Crippen LogP contribution in [0.15, 0.2) is 60.7 Å². The highest BCUT2D eigenvalue weighted by molar-refractivity contribution is 5.89. The number of nitrogens with one attached hydrogen (secondary N) is 2. The molecule has 2 aromatic carbocycles. The van der Waals surface area contributed by atoms with Crippen LogP contribution in [-0.4, -0.2) is 54.5 Å². The summed E-state index contributed by atoms with van der Waals surface area (Å²) in [4.78, 5) is 37.1. The average molecular weight is 477 g/mol. The Morgan fingerprint density at radius 3 is 2.23 bits per heavy atom. The summed E-state index contributed by atoms with van der Waals surface area (Å²) in [6, 6.07) is 15.9. The number of hydrogen-bond acceptors (Lipinski definition) is 5. The third kappa shape index (κ3) is 4.53. The normalized spacial score (nSPS) is 22.2. The van der Waals surface area contributed by atoms with Gasteiger partial charge in [-0.2, -0.15) is 0 Å². The maximum absolute atomic E-state index is 12.8. The Balaban J connectivity index is 1.15. The monoisotopic (exact) mass is 476 g/mol. The molecule has 1 saturated heterocycles. The van der Waals surface area contributed by atoms with Crippen LogP contribution in [0, 0.1) is 5.92 Å². The topological polar surface area (TPSA) is 114 Å². The Morgan fingerprint density at radius 2 is 1.60 bits per heavy atom. The number of ether oxygens (including phenoxy) is 2. The molecule has 3 N–H and O–H groups in total. The lowest BCUT2D eigenvalue weighted by Crippen LogP contribution is -2.58. The number of fused-ring (bicyclic) bond motifs is 3. The predicted octanol–water partition coefficient (Wildman–Crippen LogP) is 3.22. The van der Waals surface area contributed by atoms with E-state index < -0.39 is 23.5 Å². The third-order valence-corrected chi connectivity index (χ3v) is 7.19. The quantitative estimate of drug-likeness (QED) is 0.552. The van der Waals surface area contributed by atoms with Crippen molar-refractivity contribution in [3.63, 3.8) is 0 Å². The number of alkyl carbamates (subject to hydrolysis) is 1. The molecule has 2 aromatic rings. The van der Waals surface area contributed by atoms with Crippen LogP contribution in [-0.2, 0) is 19.1 Å². The lowest BCUT2D eigenvalue weighted by atomic mass is 9.89. The molecular weight excluding hydrogens is 448 g/mol. The second-order valence-electron chi connectivity index (χ2n) is 9.29. The van der Waals surface area contributed by atoms with Crippen molar-refractivity contribution in [3.8, 4) is 11.1 Å². The van der Waals surface area contributed by atoms with Gasteiger partial charge in [0.25, 0.3) is 0 Å². The average Bonchev–Trinajstić information content (AvgIpc) is 3.46. The van der Waals surface area contributed by atoms with E-state index >= 15 is 0 Å². The summed E-state index contributed by atoms with van der Waals surface area (Å²) in [5.74, 6) is -1.96. The fourth-order valence-electron chi connectivity index (χ4n) is 5.23. The van der Waals surface area contributed by atoms with Crippen LogP contribution in [0.1, 0.15) is 36.3 Å². The Labute approximate surface area is 203 Å². The molecule has 0 spiro atoms. The second kappa shape index (κ2) is 9.54. The Hall–Kier alpha value is -3.65. The van der Waals surface area contributed by atoms with Crippen LogP contribution < -0.4 is 10.6 Å². The van der Waals surface area contributed by atoms with E-state index in [-0.39, 0.29) is 37.3 Å². The number of carboxylic acids is 1. The Morgan fingerprint density at radius 1 is 0.971 bits per heavy atom. The fourth-order valence-corrected chi connectivity index (χ4v) is 5.23. The van der Waals surface area contributed by atoms with Crippen molar-refractivity contribution in [2.45, 2.75) is 36.8 Å². The van der Waals surface area contributed by atoms with Crippen LogP contribution in [0.4, 0.5) is 4.79 Å². The number of hydrogen-bond donors (Lipinski definition) is 3. The standard InChI is InChI=1S/C27H28N2O6/c30-24(29-27(25(31)32)11-13-34-14-12-27)17-9-10-18(15-17)28-26(33)35-16-23-21-7-3-1-5-19(21)20-6-2-4-8-22(20)23/h1-10,17-18,23H,11-16H2,(H,28,33)(H,29,30)(H,31,32). The Bertz CT molecular complexity index is 1120. The molecule has 35 heavy (non-hydrogen) atoms. The lowest BCUT2D eigenvalue weighted by molar-refractivity contribution is -0.152. The van der Waals surface area contributed by atoms with Crippen LogP contribution >= 0.6 is 0 Å². The first-order chi connectivity index (χ1) is 17.0. The molecule has 8 heteroatoms. The molecule has 2 atom stereocenters. The van der Waals surface area contributed by atoms with Crippen molar-refractivity contribution in [2.75, 3.05) is 19.8 Å². The summed E-state index contributed by atoms with van der Waals surface area (Å²) in [5.41, 5.74) is 3.29. The highest BCUT2D eigenvalue weighted by atomic mass is 16.5. The summed E-state index contributed by atoms with van der Waals surface area (Å²) in [6.07, 6.45) is 3.72. The van der Waals surface area contributed by atoms with E-state index in [1.165, 1.54) is 0 Å². The highest BCUT2D eigenvalue weighted by Crippen LogP contribution is 2.44. The van der Waals surface area contributed by atoms with Gasteiger partial charge < -0.3 is 25.2 Å². The minimum absolute atomic E-state index is 0.0301. The highest BCUT2D eigenvalue weighted by Gasteiger charge is 2.43. The van der Waals surface area contributed by atoms with Gasteiger partial charge in [0, 0.05) is 32.0 Å². The van der Waals surface area contributed by atoms with Gasteiger partial charge in [0.15, 0.2) is 0 Å². The number of amides is 2. The van der Waals surface area contributed by atoms with Gasteiger partial charge in [-0.05, 0) is 28.7 Å². The zero-order valence-electron chi connectivity index (χ0n) is 19.2. The number of rotatable bonds is 6. The first-order valence-corrected chi connectivity index (χ1v) is 11.9. The molecular formula is C27H28N2O6. The number of carboxylic acid groups (broad SMARTS) is 1. The predicted molar refractivity (Wildman–Crippen MR) is 128 cm³/mol. The van der Waals surface area contributed by atoms with Gasteiger partial charge in [0.05, 0.1) is 12.0 Å². The number of carbonyl (C=O) groups excluding carboxylic acids is 2. The molecule has 1 heterocycles. The van der Waals surface area contributed by atoms with Crippen molar-refractivity contribution in [1.82, 2.24) is 10.6 Å². The molecule has 1 aliphatic heterocycles. The summed E-state index contributed by atoms with van der Waals surface area (Å²) in [5, 5.41) is 15.2. The molecule has 182 valence electrons. The minimum atomic E-state index is -1.30. The minimum Gasteiger partial charge on any atom is -0.480 e. The van der Waals surface area contributed by atoms with Crippen LogP contribution in [0.3, 0.4) is 0 Å². The molecule has 1 fully saturated rings. The van der Waals surface area contributed by atoms with E-state index in [1.807, 2.05) is 24.3 Å². The summed E-state index contributed by atoms with van der Waals surface area (Å²) in [7, 11) is 0. The zero-order valence-corrected chi connectivity index (χ0v) is 19.2. The van der Waals surface area contributed by atoms with Gasteiger partial charge >= 0.3 is 12.1 Å². The van der Waals surface area contributed by atoms with Gasteiger partial charge in [-0.3, -0.25) is 4.79 Å². The van der Waals surface area contributed by atoms with Gasteiger partial charge in [-0.1, -0.05) is 60.7 Å². The van der Waals surface area contributed by atoms with E-state index in [4.69, 9.17) is 9.47 Å². The van der Waals surface area contributed by atoms with Crippen LogP contribution in [0.25, 0.3) is 11.1 Å². The second-order valence-corrected chi connectivity index (χ2v) is 9.29. The molecule has 8 nitrogen and oxygen atoms in total. The number of aliphatic carboxylic acids is 1. The van der Waals surface area contributed by atoms with E-state index in [0.717, 1.165) is 22.3 Å². The van der Waals surface area contributed by atoms with Gasteiger partial charge in [-0.25, -0.2) is 9.59 Å². The van der Waals surface area contributed by atoms with E-state index in [9.17, 15) is 19.5 Å². The molecule has 2 amide bonds. The summed E-state index contributed by atoms with van der Waals surface area (Å²) < 4.78 is 10.8. The maximum Gasteiger partial charge on any atom is 0.407 e. The largest absolute Gasteiger partial charge is 0.480 e. The molecule has 0 bridgehead atoms. The smallest absolute Gasteiger partial charge is 0.407 e. The van der Waals surface area contributed by atoms with Gasteiger partial charge in [-0.15, -0.1) is 0 Å². The molecule has 0 saturated carbocycles.